The Bertz CT molecular complexity index is 1050. The van der Waals surface area contributed by atoms with Crippen LogP contribution in [0.15, 0.2) is 65.5 Å². The number of hydrogen-bond acceptors (Lipinski definition) is 4. The van der Waals surface area contributed by atoms with Gasteiger partial charge in [-0.2, -0.15) is 9.50 Å². The van der Waals surface area contributed by atoms with E-state index >= 15 is 0 Å². The van der Waals surface area contributed by atoms with Gasteiger partial charge in [-0.15, -0.1) is 5.10 Å². The van der Waals surface area contributed by atoms with Crippen LogP contribution >= 0.6 is 0 Å². The van der Waals surface area contributed by atoms with Crippen LogP contribution in [0.1, 0.15) is 0 Å². The zero-order valence-corrected chi connectivity index (χ0v) is 12.9. The Hall–Kier alpha value is -3.41. The van der Waals surface area contributed by atoms with E-state index in [2.05, 4.69) is 15.1 Å². The zero-order chi connectivity index (χ0) is 16.5. The number of rotatable bonds is 3. The predicted octanol–water partition coefficient (Wildman–Crippen LogP) is 2.76. The number of methoxy groups -OCH3 is 1. The van der Waals surface area contributed by atoms with Gasteiger partial charge in [-0.25, -0.2) is 0 Å². The van der Waals surface area contributed by atoms with Crippen molar-refractivity contribution in [2.45, 2.75) is 0 Å². The maximum absolute atomic E-state index is 12.4. The van der Waals surface area contributed by atoms with Crippen molar-refractivity contribution >= 4 is 5.78 Å². The van der Waals surface area contributed by atoms with Gasteiger partial charge in [0.05, 0.1) is 12.8 Å². The van der Waals surface area contributed by atoms with Gasteiger partial charge in [0.2, 0.25) is 5.78 Å². The van der Waals surface area contributed by atoms with Crippen LogP contribution in [-0.2, 0) is 0 Å². The lowest BCUT2D eigenvalue weighted by Crippen LogP contribution is -2.14. The van der Waals surface area contributed by atoms with Crippen LogP contribution < -0.4 is 10.3 Å². The summed E-state index contributed by atoms with van der Waals surface area (Å²) in [5.41, 5.74) is 2.19. The average molecular weight is 318 g/mol. The summed E-state index contributed by atoms with van der Waals surface area (Å²) in [5.74, 6) is 1.68. The molecule has 2 aromatic heterocycles. The molecule has 6 heteroatoms. The summed E-state index contributed by atoms with van der Waals surface area (Å²) in [6.45, 7) is 0. The summed E-state index contributed by atoms with van der Waals surface area (Å²) in [5, 5.41) is 4.29. The number of nitrogens with one attached hydrogen (secondary N) is 1. The molecule has 2 heterocycles. The summed E-state index contributed by atoms with van der Waals surface area (Å²) >= 11 is 0. The molecular formula is C18H14N4O2. The third-order valence-corrected chi connectivity index (χ3v) is 3.76. The molecule has 0 radical (unpaired) electrons. The molecule has 4 rings (SSSR count). The second kappa shape index (κ2) is 5.66. The summed E-state index contributed by atoms with van der Waals surface area (Å²) in [7, 11) is 1.62. The monoisotopic (exact) mass is 318 g/mol. The van der Waals surface area contributed by atoms with Crippen molar-refractivity contribution in [3.63, 3.8) is 0 Å². The molecule has 0 aliphatic rings. The third-order valence-electron chi connectivity index (χ3n) is 3.76. The summed E-state index contributed by atoms with van der Waals surface area (Å²) in [4.78, 5) is 20.0. The average Bonchev–Trinajstić information content (AvgIpc) is 3.07. The number of aromatic nitrogens is 4. The summed E-state index contributed by atoms with van der Waals surface area (Å²) in [6, 6.07) is 18.5. The Kier molecular flexibility index (Phi) is 3.35. The molecular weight excluding hydrogens is 304 g/mol. The minimum absolute atomic E-state index is 0.232. The van der Waals surface area contributed by atoms with Crippen molar-refractivity contribution in [2.75, 3.05) is 7.11 Å². The van der Waals surface area contributed by atoms with Crippen molar-refractivity contribution in [1.29, 1.82) is 0 Å². The quantitative estimate of drug-likeness (QED) is 0.630. The molecule has 4 aromatic rings. The summed E-state index contributed by atoms with van der Waals surface area (Å²) < 4.78 is 6.43. The van der Waals surface area contributed by atoms with Gasteiger partial charge in [-0.1, -0.05) is 30.3 Å². The SMILES string of the molecule is COc1ccc(-c2cc(=O)n3nc(-c4ccccc4)nc3[nH]2)cc1. The molecule has 0 spiro atoms. The highest BCUT2D eigenvalue weighted by molar-refractivity contribution is 5.63. The normalized spacial score (nSPS) is 10.9. The fraction of sp³-hybridized carbons (Fsp3) is 0.0556. The molecule has 0 bridgehead atoms. The highest BCUT2D eigenvalue weighted by Crippen LogP contribution is 2.20. The van der Waals surface area contributed by atoms with Gasteiger partial charge in [0.15, 0.2) is 5.82 Å². The zero-order valence-electron chi connectivity index (χ0n) is 12.9. The maximum atomic E-state index is 12.4. The van der Waals surface area contributed by atoms with E-state index in [4.69, 9.17) is 4.74 Å². The second-order valence-corrected chi connectivity index (χ2v) is 5.29. The minimum Gasteiger partial charge on any atom is -0.497 e. The fourth-order valence-corrected chi connectivity index (χ4v) is 2.52. The second-order valence-electron chi connectivity index (χ2n) is 5.29. The Morgan fingerprint density at radius 3 is 2.46 bits per heavy atom. The molecule has 0 aliphatic heterocycles. The number of ether oxygens (including phenoxy) is 1. The van der Waals surface area contributed by atoms with Crippen LogP contribution in [0.25, 0.3) is 28.4 Å². The van der Waals surface area contributed by atoms with Crippen LogP contribution in [0.3, 0.4) is 0 Å². The largest absolute Gasteiger partial charge is 0.497 e. The first-order chi connectivity index (χ1) is 11.7. The molecule has 1 N–H and O–H groups in total. The maximum Gasteiger partial charge on any atom is 0.276 e. The van der Waals surface area contributed by atoms with Crippen molar-refractivity contribution in [3.05, 3.63) is 71.0 Å². The number of H-pyrrole nitrogens is 1. The van der Waals surface area contributed by atoms with Crippen LogP contribution in [-0.4, -0.2) is 26.7 Å². The van der Waals surface area contributed by atoms with Crippen LogP contribution in [0.5, 0.6) is 5.75 Å². The first-order valence-electron chi connectivity index (χ1n) is 7.44. The Morgan fingerprint density at radius 1 is 1.00 bits per heavy atom. The molecule has 0 aliphatic carbocycles. The number of nitrogens with zero attached hydrogens (tertiary/aromatic N) is 3. The van der Waals surface area contributed by atoms with E-state index < -0.39 is 0 Å². The van der Waals surface area contributed by atoms with Gasteiger partial charge in [0.1, 0.15) is 5.75 Å². The van der Waals surface area contributed by atoms with Crippen LogP contribution in [0.4, 0.5) is 0 Å². The van der Waals surface area contributed by atoms with Crippen molar-refractivity contribution in [1.82, 2.24) is 19.6 Å². The Labute approximate surface area is 137 Å². The van der Waals surface area contributed by atoms with E-state index in [-0.39, 0.29) is 5.56 Å². The molecule has 0 atom stereocenters. The molecule has 0 unspecified atom stereocenters. The Balaban J connectivity index is 1.83. The standard InChI is InChI=1S/C18H14N4O2/c1-24-14-9-7-12(8-10-14)15-11-16(23)22-18(19-15)20-17(21-22)13-5-3-2-4-6-13/h2-11H,1H3,(H,19,20,21). The molecule has 24 heavy (non-hydrogen) atoms. The molecule has 6 nitrogen and oxygen atoms in total. The van der Waals surface area contributed by atoms with Crippen molar-refractivity contribution in [2.24, 2.45) is 0 Å². The van der Waals surface area contributed by atoms with Gasteiger partial charge in [-0.05, 0) is 29.8 Å². The van der Waals surface area contributed by atoms with Gasteiger partial charge < -0.3 is 9.72 Å². The van der Waals surface area contributed by atoms with E-state index in [0.717, 1.165) is 16.9 Å². The molecule has 118 valence electrons. The lowest BCUT2D eigenvalue weighted by molar-refractivity contribution is 0.415. The predicted molar refractivity (Wildman–Crippen MR) is 91.0 cm³/mol. The number of fused-ring (bicyclic) bond motifs is 1. The van der Waals surface area contributed by atoms with Crippen LogP contribution in [0, 0.1) is 0 Å². The Morgan fingerprint density at radius 2 is 1.75 bits per heavy atom. The van der Waals surface area contributed by atoms with Gasteiger partial charge in [-0.3, -0.25) is 4.79 Å². The molecule has 0 saturated carbocycles. The van der Waals surface area contributed by atoms with E-state index in [9.17, 15) is 4.79 Å². The highest BCUT2D eigenvalue weighted by atomic mass is 16.5. The molecule has 0 saturated heterocycles. The smallest absolute Gasteiger partial charge is 0.276 e. The number of hydrogen-bond donors (Lipinski definition) is 1. The topological polar surface area (TPSA) is 72.3 Å². The lowest BCUT2D eigenvalue weighted by Gasteiger charge is -2.03. The van der Waals surface area contributed by atoms with Gasteiger partial charge in [0.25, 0.3) is 5.56 Å². The van der Waals surface area contributed by atoms with Gasteiger partial charge >= 0.3 is 0 Å². The van der Waals surface area contributed by atoms with E-state index in [1.165, 1.54) is 10.6 Å². The van der Waals surface area contributed by atoms with E-state index in [1.54, 1.807) is 7.11 Å². The van der Waals surface area contributed by atoms with Crippen LogP contribution in [0.2, 0.25) is 0 Å². The fourth-order valence-electron chi connectivity index (χ4n) is 2.52. The molecule has 0 fully saturated rings. The van der Waals surface area contributed by atoms with E-state index in [0.29, 0.717) is 17.3 Å². The minimum atomic E-state index is -0.232. The van der Waals surface area contributed by atoms with E-state index in [1.807, 2.05) is 54.6 Å². The molecule has 2 aromatic carbocycles. The highest BCUT2D eigenvalue weighted by Gasteiger charge is 2.10. The number of aromatic amines is 1. The number of benzene rings is 2. The summed E-state index contributed by atoms with van der Waals surface area (Å²) in [6.07, 6.45) is 0. The first-order valence-corrected chi connectivity index (χ1v) is 7.44. The third kappa shape index (κ3) is 2.44. The molecule has 0 amide bonds. The van der Waals surface area contributed by atoms with Gasteiger partial charge in [0, 0.05) is 11.6 Å². The van der Waals surface area contributed by atoms with Crippen molar-refractivity contribution in [3.8, 4) is 28.4 Å². The van der Waals surface area contributed by atoms with Crippen molar-refractivity contribution < 1.29 is 4.74 Å². The lowest BCUT2D eigenvalue weighted by atomic mass is 10.1. The first kappa shape index (κ1) is 14.2.